The number of aliphatic carboxylic acids is 1. The summed E-state index contributed by atoms with van der Waals surface area (Å²) in [5, 5.41) is 9.12. The van der Waals surface area contributed by atoms with E-state index in [-0.39, 0.29) is 11.4 Å². The van der Waals surface area contributed by atoms with Gasteiger partial charge < -0.3 is 14.6 Å². The molecule has 1 aromatic heterocycles. The van der Waals surface area contributed by atoms with Crippen LogP contribution in [0.2, 0.25) is 0 Å². The molecule has 0 radical (unpaired) electrons. The lowest BCUT2D eigenvalue weighted by Gasteiger charge is -2.24. The first kappa shape index (κ1) is 13.3. The van der Waals surface area contributed by atoms with Gasteiger partial charge in [0.1, 0.15) is 0 Å². The molecule has 0 bridgehead atoms. The molecule has 0 aliphatic heterocycles. The Kier molecular flexibility index (Phi) is 3.95. The van der Waals surface area contributed by atoms with Crippen LogP contribution in [0.4, 0.5) is 0 Å². The first-order chi connectivity index (χ1) is 7.91. The Morgan fingerprint density at radius 2 is 2.18 bits per heavy atom. The van der Waals surface area contributed by atoms with E-state index < -0.39 is 16.9 Å². The summed E-state index contributed by atoms with van der Waals surface area (Å²) in [6.45, 7) is 1.09. The molecular formula is C10H11NO5S. The molecule has 0 saturated carbocycles. The summed E-state index contributed by atoms with van der Waals surface area (Å²) in [4.78, 5) is 23.8. The molecule has 0 fully saturated rings. The molecule has 7 heteroatoms. The number of hydrogen-bond donors (Lipinski definition) is 2. The van der Waals surface area contributed by atoms with Gasteiger partial charge in [-0.1, -0.05) is 0 Å². The van der Waals surface area contributed by atoms with Crippen molar-refractivity contribution in [1.82, 2.24) is 4.98 Å². The number of ether oxygens (including phenoxy) is 2. The number of nitrogens with zero attached hydrogens (tertiary/aromatic N) is 1. The van der Waals surface area contributed by atoms with Gasteiger partial charge in [0.15, 0.2) is 0 Å². The summed E-state index contributed by atoms with van der Waals surface area (Å²) in [5.74, 6) is -2.17. The van der Waals surface area contributed by atoms with E-state index in [9.17, 15) is 9.59 Å². The minimum atomic E-state index is -2.12. The average Bonchev–Trinajstić information content (AvgIpc) is 2.27. The van der Waals surface area contributed by atoms with Gasteiger partial charge in [0.2, 0.25) is 5.88 Å². The molecule has 1 aromatic rings. The monoisotopic (exact) mass is 257 g/mol. The Bertz CT molecular complexity index is 450. The van der Waals surface area contributed by atoms with Crippen molar-refractivity contribution in [1.29, 1.82) is 0 Å². The summed E-state index contributed by atoms with van der Waals surface area (Å²) in [6, 6.07) is 2.91. The normalized spacial score (nSPS) is 13.6. The van der Waals surface area contributed by atoms with E-state index in [4.69, 9.17) is 14.6 Å². The number of hydrogen-bond acceptors (Lipinski definition) is 6. The fourth-order valence-corrected chi connectivity index (χ4v) is 1.53. The number of methoxy groups -OCH3 is 1. The molecule has 1 heterocycles. The quantitative estimate of drug-likeness (QED) is 0.472. The van der Waals surface area contributed by atoms with Crippen molar-refractivity contribution < 1.29 is 24.2 Å². The van der Waals surface area contributed by atoms with E-state index in [1.165, 1.54) is 25.4 Å². The highest BCUT2D eigenvalue weighted by Crippen LogP contribution is 2.35. The number of carbonyl (C=O) groups is 2. The van der Waals surface area contributed by atoms with Crippen LogP contribution in [0.3, 0.4) is 0 Å². The van der Waals surface area contributed by atoms with Gasteiger partial charge in [0, 0.05) is 13.1 Å². The molecule has 0 amide bonds. The Morgan fingerprint density at radius 1 is 1.53 bits per heavy atom. The van der Waals surface area contributed by atoms with E-state index in [0.717, 1.165) is 6.92 Å². The van der Waals surface area contributed by atoms with Crippen LogP contribution in [0, 0.1) is 0 Å². The Balaban J connectivity index is 3.31. The molecule has 92 valence electrons. The third-order valence-electron chi connectivity index (χ3n) is 1.91. The molecule has 17 heavy (non-hydrogen) atoms. The Morgan fingerprint density at radius 3 is 2.65 bits per heavy atom. The Labute approximate surface area is 103 Å². The first-order valence-electron chi connectivity index (χ1n) is 4.56. The summed E-state index contributed by atoms with van der Waals surface area (Å²) in [5.41, 5.74) is 0.0496. The van der Waals surface area contributed by atoms with Crippen molar-refractivity contribution in [3.63, 3.8) is 0 Å². The molecule has 1 rings (SSSR count). The maximum Gasteiger partial charge on any atom is 0.364 e. The summed E-state index contributed by atoms with van der Waals surface area (Å²) < 4.78 is 9.64. The van der Waals surface area contributed by atoms with Crippen LogP contribution in [-0.2, 0) is 19.3 Å². The van der Waals surface area contributed by atoms with Crippen molar-refractivity contribution in [2.75, 3.05) is 7.11 Å². The molecule has 0 aromatic carbocycles. The molecule has 6 nitrogen and oxygen atoms in total. The van der Waals surface area contributed by atoms with E-state index in [2.05, 4.69) is 17.6 Å². The van der Waals surface area contributed by atoms with Crippen molar-refractivity contribution in [2.45, 2.75) is 11.9 Å². The summed E-state index contributed by atoms with van der Waals surface area (Å²) in [7, 11) is 1.33. The second kappa shape index (κ2) is 5.05. The number of carboxylic acids is 1. The zero-order valence-corrected chi connectivity index (χ0v) is 10.1. The smallest absolute Gasteiger partial charge is 0.364 e. The average molecular weight is 257 g/mol. The lowest BCUT2D eigenvalue weighted by Crippen LogP contribution is -2.35. The van der Waals surface area contributed by atoms with Gasteiger partial charge in [0.25, 0.3) is 4.93 Å². The molecule has 1 unspecified atom stereocenters. The molecule has 0 spiro atoms. The number of esters is 1. The SMILES string of the molecule is COc1ncccc1C(S)(OC(C)=O)C(=O)O. The topological polar surface area (TPSA) is 85.7 Å². The zero-order valence-electron chi connectivity index (χ0n) is 9.21. The number of aromatic nitrogens is 1. The number of pyridine rings is 1. The lowest BCUT2D eigenvalue weighted by atomic mass is 10.1. The minimum absolute atomic E-state index is 0.0335. The predicted molar refractivity (Wildman–Crippen MR) is 60.9 cm³/mol. The number of carboxylic acid groups (broad SMARTS) is 1. The largest absolute Gasteiger partial charge is 0.481 e. The second-order valence-corrected chi connectivity index (χ2v) is 3.73. The maximum atomic E-state index is 11.2. The molecule has 1 atom stereocenters. The van der Waals surface area contributed by atoms with Crippen molar-refractivity contribution in [2.24, 2.45) is 0 Å². The number of rotatable bonds is 4. The lowest BCUT2D eigenvalue weighted by molar-refractivity contribution is -0.167. The summed E-state index contributed by atoms with van der Waals surface area (Å²) >= 11 is 3.90. The number of carbonyl (C=O) groups excluding carboxylic acids is 1. The van der Waals surface area contributed by atoms with Crippen LogP contribution >= 0.6 is 12.6 Å². The number of thiol groups is 1. The van der Waals surface area contributed by atoms with Crippen molar-refractivity contribution >= 4 is 24.6 Å². The molecule has 1 N–H and O–H groups in total. The van der Waals surface area contributed by atoms with E-state index in [0.29, 0.717) is 0 Å². The first-order valence-corrected chi connectivity index (χ1v) is 5.01. The van der Waals surface area contributed by atoms with Gasteiger partial charge in [-0.05, 0) is 12.1 Å². The summed E-state index contributed by atoms with van der Waals surface area (Å²) in [6.07, 6.45) is 1.42. The van der Waals surface area contributed by atoms with Gasteiger partial charge >= 0.3 is 11.9 Å². The fraction of sp³-hybridized carbons (Fsp3) is 0.300. The van der Waals surface area contributed by atoms with Crippen LogP contribution in [0.15, 0.2) is 18.3 Å². The van der Waals surface area contributed by atoms with E-state index in [1.807, 2.05) is 0 Å². The van der Waals surface area contributed by atoms with Gasteiger partial charge in [-0.25, -0.2) is 9.78 Å². The highest BCUT2D eigenvalue weighted by atomic mass is 32.1. The van der Waals surface area contributed by atoms with Crippen LogP contribution in [0.5, 0.6) is 5.88 Å². The Hall–Kier alpha value is -1.76. The van der Waals surface area contributed by atoms with Gasteiger partial charge in [-0.2, -0.15) is 0 Å². The van der Waals surface area contributed by atoms with E-state index >= 15 is 0 Å². The van der Waals surface area contributed by atoms with Crippen LogP contribution in [0.25, 0.3) is 0 Å². The van der Waals surface area contributed by atoms with E-state index in [1.54, 1.807) is 0 Å². The van der Waals surface area contributed by atoms with Crippen LogP contribution < -0.4 is 4.74 Å². The van der Waals surface area contributed by atoms with Gasteiger partial charge in [-0.15, -0.1) is 12.6 Å². The minimum Gasteiger partial charge on any atom is -0.481 e. The molecular weight excluding hydrogens is 246 g/mol. The maximum absolute atomic E-state index is 11.2. The molecule has 0 aliphatic carbocycles. The predicted octanol–water partition coefficient (Wildman–Crippen LogP) is 0.821. The van der Waals surface area contributed by atoms with Gasteiger partial charge in [0.05, 0.1) is 12.7 Å². The van der Waals surface area contributed by atoms with Gasteiger partial charge in [-0.3, -0.25) is 4.79 Å². The molecule has 0 aliphatic rings. The molecule has 0 saturated heterocycles. The fourth-order valence-electron chi connectivity index (χ4n) is 1.23. The van der Waals surface area contributed by atoms with Crippen LogP contribution in [-0.4, -0.2) is 29.1 Å². The zero-order chi connectivity index (χ0) is 13.1. The standard InChI is InChI=1S/C10H11NO5S/c1-6(12)16-10(17,9(13)14)7-4-3-5-11-8(7)15-2/h3-5,17H,1-2H3,(H,13,14). The van der Waals surface area contributed by atoms with Crippen molar-refractivity contribution in [3.8, 4) is 5.88 Å². The second-order valence-electron chi connectivity index (χ2n) is 3.10. The van der Waals surface area contributed by atoms with Crippen LogP contribution in [0.1, 0.15) is 12.5 Å². The highest BCUT2D eigenvalue weighted by molar-refractivity contribution is 7.82. The van der Waals surface area contributed by atoms with Crippen molar-refractivity contribution in [3.05, 3.63) is 23.9 Å². The third kappa shape index (κ3) is 2.68. The third-order valence-corrected chi connectivity index (χ3v) is 2.43. The highest BCUT2D eigenvalue weighted by Gasteiger charge is 2.43.